The summed E-state index contributed by atoms with van der Waals surface area (Å²) < 4.78 is 36.7. The quantitative estimate of drug-likeness (QED) is 0.837. The van der Waals surface area contributed by atoms with Crippen LogP contribution in [0.4, 0.5) is 18.9 Å². The third-order valence-electron chi connectivity index (χ3n) is 3.47. The van der Waals surface area contributed by atoms with Gasteiger partial charge in [-0.3, -0.25) is 4.79 Å². The molecule has 0 aliphatic heterocycles. The van der Waals surface area contributed by atoms with Gasteiger partial charge < -0.3 is 5.32 Å². The largest absolute Gasteiger partial charge is 0.454 e. The maximum Gasteiger partial charge on any atom is 0.454 e. The zero-order valence-electron chi connectivity index (χ0n) is 10.5. The molecule has 0 heterocycles. The van der Waals surface area contributed by atoms with Gasteiger partial charge in [0.05, 0.1) is 0 Å². The summed E-state index contributed by atoms with van der Waals surface area (Å²) in [4.78, 5) is 11.0. The van der Waals surface area contributed by atoms with Crippen molar-refractivity contribution in [1.82, 2.24) is 0 Å². The normalized spacial score (nSPS) is 16.6. The fourth-order valence-electron chi connectivity index (χ4n) is 2.38. The van der Waals surface area contributed by atoms with Crippen molar-refractivity contribution in [2.45, 2.75) is 31.9 Å². The predicted molar refractivity (Wildman–Crippen MR) is 67.3 cm³/mol. The number of hydrogen-bond donors (Lipinski definition) is 1. The van der Waals surface area contributed by atoms with E-state index in [1.165, 1.54) is 49.9 Å². The molecular weight excluding hydrogens is 255 g/mol. The van der Waals surface area contributed by atoms with Crippen LogP contribution in [0.1, 0.15) is 36.0 Å². The minimum Gasteiger partial charge on any atom is -0.385 e. The highest BCUT2D eigenvalue weighted by Gasteiger charge is 2.39. The Bertz CT molecular complexity index is 433. The zero-order valence-corrected chi connectivity index (χ0v) is 10.5. The Kier molecular flexibility index (Phi) is 4.12. The average Bonchev–Trinajstić information content (AvgIpc) is 2.88. The van der Waals surface area contributed by atoms with Crippen molar-refractivity contribution in [3.05, 3.63) is 29.8 Å². The smallest absolute Gasteiger partial charge is 0.385 e. The third kappa shape index (κ3) is 3.72. The van der Waals surface area contributed by atoms with Crippen LogP contribution in [0.5, 0.6) is 0 Å². The van der Waals surface area contributed by atoms with Gasteiger partial charge in [-0.25, -0.2) is 0 Å². The molecule has 0 radical (unpaired) electrons. The molecule has 19 heavy (non-hydrogen) atoms. The van der Waals surface area contributed by atoms with E-state index in [0.717, 1.165) is 12.2 Å². The maximum atomic E-state index is 12.2. The van der Waals surface area contributed by atoms with Gasteiger partial charge in [-0.1, -0.05) is 12.8 Å². The van der Waals surface area contributed by atoms with Crippen LogP contribution in [0, 0.1) is 5.92 Å². The van der Waals surface area contributed by atoms with Gasteiger partial charge in [0, 0.05) is 17.8 Å². The molecule has 1 aliphatic rings. The van der Waals surface area contributed by atoms with Crippen LogP contribution in [0.3, 0.4) is 0 Å². The van der Waals surface area contributed by atoms with E-state index in [-0.39, 0.29) is 5.56 Å². The van der Waals surface area contributed by atoms with E-state index in [1.807, 2.05) is 0 Å². The van der Waals surface area contributed by atoms with Crippen molar-refractivity contribution < 1.29 is 18.0 Å². The van der Waals surface area contributed by atoms with Crippen LogP contribution in [-0.4, -0.2) is 18.5 Å². The van der Waals surface area contributed by atoms with Gasteiger partial charge in [0.25, 0.3) is 5.78 Å². The molecule has 0 atom stereocenters. The molecule has 1 saturated carbocycles. The molecule has 104 valence electrons. The summed E-state index contributed by atoms with van der Waals surface area (Å²) in [7, 11) is 0. The second-order valence-electron chi connectivity index (χ2n) is 4.94. The van der Waals surface area contributed by atoms with E-state index in [4.69, 9.17) is 0 Å². The number of ketones is 1. The molecule has 2 rings (SSSR count). The van der Waals surface area contributed by atoms with Crippen molar-refractivity contribution in [1.29, 1.82) is 0 Å². The summed E-state index contributed by atoms with van der Waals surface area (Å²) in [5.41, 5.74) is 0.435. The number of rotatable bonds is 4. The monoisotopic (exact) mass is 271 g/mol. The van der Waals surface area contributed by atoms with Gasteiger partial charge in [-0.05, 0) is 43.0 Å². The highest BCUT2D eigenvalue weighted by Crippen LogP contribution is 2.25. The van der Waals surface area contributed by atoms with Gasteiger partial charge in [0.2, 0.25) is 0 Å². The van der Waals surface area contributed by atoms with Gasteiger partial charge in [0.15, 0.2) is 0 Å². The molecule has 0 bridgehead atoms. The lowest BCUT2D eigenvalue weighted by Crippen LogP contribution is -2.22. The Balaban J connectivity index is 1.92. The number of carbonyl (C=O) groups is 1. The van der Waals surface area contributed by atoms with Crippen LogP contribution < -0.4 is 5.32 Å². The standard InChI is InChI=1S/C14H16F3NO/c15-14(16,17)13(19)11-5-7-12(8-6-11)18-9-10-3-1-2-4-10/h5-8,10,18H,1-4,9H2. The van der Waals surface area contributed by atoms with Crippen molar-refractivity contribution >= 4 is 11.5 Å². The molecule has 5 heteroatoms. The van der Waals surface area contributed by atoms with Gasteiger partial charge in [-0.2, -0.15) is 13.2 Å². The first-order valence-corrected chi connectivity index (χ1v) is 6.42. The van der Waals surface area contributed by atoms with Crippen molar-refractivity contribution in [3.63, 3.8) is 0 Å². The Hall–Kier alpha value is -1.52. The van der Waals surface area contributed by atoms with E-state index in [1.54, 1.807) is 0 Å². The van der Waals surface area contributed by atoms with Crippen LogP contribution >= 0.6 is 0 Å². The lowest BCUT2D eigenvalue weighted by atomic mass is 10.1. The Morgan fingerprint density at radius 2 is 1.74 bits per heavy atom. The van der Waals surface area contributed by atoms with Crippen LogP contribution in [0.2, 0.25) is 0 Å². The molecule has 0 amide bonds. The van der Waals surface area contributed by atoms with Crippen molar-refractivity contribution in [2.75, 3.05) is 11.9 Å². The molecule has 0 unspecified atom stereocenters. The molecule has 1 aliphatic carbocycles. The summed E-state index contributed by atoms with van der Waals surface area (Å²) >= 11 is 0. The van der Waals surface area contributed by atoms with Crippen LogP contribution in [0.25, 0.3) is 0 Å². The fourth-order valence-corrected chi connectivity index (χ4v) is 2.38. The van der Waals surface area contributed by atoms with Crippen molar-refractivity contribution in [2.24, 2.45) is 5.92 Å². The van der Waals surface area contributed by atoms with Gasteiger partial charge in [-0.15, -0.1) is 0 Å². The van der Waals surface area contributed by atoms with Crippen LogP contribution in [-0.2, 0) is 0 Å². The molecule has 1 fully saturated rings. The minimum absolute atomic E-state index is 0.320. The highest BCUT2D eigenvalue weighted by atomic mass is 19.4. The van der Waals surface area contributed by atoms with Gasteiger partial charge in [0.1, 0.15) is 0 Å². The number of hydrogen-bond acceptors (Lipinski definition) is 2. The highest BCUT2D eigenvalue weighted by molar-refractivity contribution is 6.00. The second-order valence-corrected chi connectivity index (χ2v) is 4.94. The minimum atomic E-state index is -4.81. The fraction of sp³-hybridized carbons (Fsp3) is 0.500. The van der Waals surface area contributed by atoms with E-state index in [9.17, 15) is 18.0 Å². The lowest BCUT2D eigenvalue weighted by molar-refractivity contribution is -0.0885. The van der Waals surface area contributed by atoms with E-state index in [2.05, 4.69) is 5.32 Å². The maximum absolute atomic E-state index is 12.2. The first-order chi connectivity index (χ1) is 8.97. The molecule has 2 nitrogen and oxygen atoms in total. The van der Waals surface area contributed by atoms with E-state index in [0.29, 0.717) is 5.92 Å². The molecule has 1 N–H and O–H groups in total. The number of benzene rings is 1. The first-order valence-electron chi connectivity index (χ1n) is 6.42. The molecular formula is C14H16F3NO. The first kappa shape index (κ1) is 13.9. The molecule has 0 spiro atoms. The SMILES string of the molecule is O=C(c1ccc(NCC2CCCC2)cc1)C(F)(F)F. The predicted octanol–water partition coefficient (Wildman–Crippen LogP) is 4.03. The van der Waals surface area contributed by atoms with Gasteiger partial charge >= 0.3 is 6.18 Å². The van der Waals surface area contributed by atoms with E-state index >= 15 is 0 Å². The summed E-state index contributed by atoms with van der Waals surface area (Å²) in [6, 6.07) is 5.47. The Morgan fingerprint density at radius 3 is 2.26 bits per heavy atom. The topological polar surface area (TPSA) is 29.1 Å². The number of carbonyl (C=O) groups excluding carboxylic acids is 1. The number of halogens is 3. The zero-order chi connectivity index (χ0) is 13.9. The lowest BCUT2D eigenvalue weighted by Gasteiger charge is -2.12. The summed E-state index contributed by atoms with van der Waals surface area (Å²) in [6.45, 7) is 0.840. The molecule has 1 aromatic carbocycles. The van der Waals surface area contributed by atoms with E-state index < -0.39 is 12.0 Å². The Morgan fingerprint density at radius 1 is 1.16 bits per heavy atom. The second kappa shape index (κ2) is 5.63. The molecule has 0 saturated heterocycles. The Labute approximate surface area is 110 Å². The molecule has 0 aromatic heterocycles. The van der Waals surface area contributed by atoms with Crippen LogP contribution in [0.15, 0.2) is 24.3 Å². The summed E-state index contributed by atoms with van der Waals surface area (Å²) in [6.07, 6.45) is 0.116. The number of nitrogens with one attached hydrogen (secondary N) is 1. The summed E-state index contributed by atoms with van der Waals surface area (Å²) in [5.74, 6) is -1.15. The number of anilines is 1. The third-order valence-corrected chi connectivity index (χ3v) is 3.47. The molecule has 1 aromatic rings. The van der Waals surface area contributed by atoms with Crippen molar-refractivity contribution in [3.8, 4) is 0 Å². The summed E-state index contributed by atoms with van der Waals surface area (Å²) in [5, 5.41) is 3.20. The number of alkyl halides is 3. The number of Topliss-reactive ketones (excluding diaryl/α,β-unsaturated/α-hetero) is 1. The average molecular weight is 271 g/mol.